The summed E-state index contributed by atoms with van der Waals surface area (Å²) in [5, 5.41) is 2.58. The van der Waals surface area contributed by atoms with E-state index in [1.54, 1.807) is 7.11 Å². The van der Waals surface area contributed by atoms with Gasteiger partial charge in [0.15, 0.2) is 0 Å². The van der Waals surface area contributed by atoms with Crippen LogP contribution in [0.15, 0.2) is 36.4 Å². The first-order chi connectivity index (χ1) is 8.20. The fourth-order valence-corrected chi connectivity index (χ4v) is 2.02. The summed E-state index contributed by atoms with van der Waals surface area (Å²) < 4.78 is 5.25. The maximum Gasteiger partial charge on any atom is 0.119 e. The van der Waals surface area contributed by atoms with E-state index in [-0.39, 0.29) is 0 Å². The summed E-state index contributed by atoms with van der Waals surface area (Å²) in [5.41, 5.74) is 1.40. The Labute approximate surface area is 103 Å². The molecule has 0 heterocycles. The zero-order valence-corrected chi connectivity index (χ0v) is 10.7. The third kappa shape index (κ3) is 2.77. The number of hydrogen-bond donors (Lipinski definition) is 0. The normalized spacial score (nSPS) is 11.1. The lowest BCUT2D eigenvalue weighted by molar-refractivity contribution is 0.414. The molecule has 0 N–H and O–H groups in total. The first-order valence-corrected chi connectivity index (χ1v) is 5.91. The van der Waals surface area contributed by atoms with E-state index in [2.05, 4.69) is 49.3 Å². The Kier molecular flexibility index (Phi) is 3.64. The van der Waals surface area contributed by atoms with E-state index >= 15 is 0 Å². The van der Waals surface area contributed by atoms with E-state index in [1.807, 2.05) is 6.07 Å². The van der Waals surface area contributed by atoms with Crippen LogP contribution in [-0.4, -0.2) is 32.6 Å². The molecule has 2 rings (SSSR count). The van der Waals surface area contributed by atoms with Crippen molar-refractivity contribution >= 4 is 10.8 Å². The van der Waals surface area contributed by atoms with Gasteiger partial charge < -0.3 is 9.64 Å². The molecule has 0 unspecified atom stereocenters. The van der Waals surface area contributed by atoms with Crippen LogP contribution >= 0.6 is 0 Å². The van der Waals surface area contributed by atoms with Crippen molar-refractivity contribution in [3.05, 3.63) is 42.0 Å². The highest BCUT2D eigenvalue weighted by Crippen LogP contribution is 2.24. The average molecular weight is 229 g/mol. The lowest BCUT2D eigenvalue weighted by Gasteiger charge is -2.11. The van der Waals surface area contributed by atoms with Gasteiger partial charge in [0, 0.05) is 6.54 Å². The van der Waals surface area contributed by atoms with E-state index < -0.39 is 0 Å². The molecule has 0 aliphatic carbocycles. The molecule has 0 aromatic heterocycles. The highest BCUT2D eigenvalue weighted by molar-refractivity contribution is 5.87. The van der Waals surface area contributed by atoms with Crippen LogP contribution in [0.2, 0.25) is 0 Å². The van der Waals surface area contributed by atoms with Crippen LogP contribution in [0, 0.1) is 0 Å². The summed E-state index contributed by atoms with van der Waals surface area (Å²) in [5.74, 6) is 0.919. The second-order valence-corrected chi connectivity index (χ2v) is 4.56. The third-order valence-electron chi connectivity index (χ3n) is 3.01. The number of benzene rings is 2. The first-order valence-electron chi connectivity index (χ1n) is 5.91. The molecular weight excluding hydrogens is 210 g/mol. The van der Waals surface area contributed by atoms with E-state index in [1.165, 1.54) is 16.3 Å². The summed E-state index contributed by atoms with van der Waals surface area (Å²) in [7, 11) is 5.92. The molecule has 0 atom stereocenters. The molecule has 0 amide bonds. The van der Waals surface area contributed by atoms with E-state index in [0.717, 1.165) is 18.7 Å². The summed E-state index contributed by atoms with van der Waals surface area (Å²) in [6.07, 6.45) is 1.08. The maximum absolute atomic E-state index is 5.25. The molecule has 0 spiro atoms. The van der Waals surface area contributed by atoms with Gasteiger partial charge in [-0.15, -0.1) is 0 Å². The van der Waals surface area contributed by atoms with Crippen molar-refractivity contribution in [2.45, 2.75) is 6.42 Å². The van der Waals surface area contributed by atoms with Crippen molar-refractivity contribution in [2.24, 2.45) is 0 Å². The van der Waals surface area contributed by atoms with Crippen LogP contribution in [0.5, 0.6) is 5.75 Å². The van der Waals surface area contributed by atoms with Gasteiger partial charge in [-0.05, 0) is 49.0 Å². The molecule has 0 saturated carbocycles. The van der Waals surface area contributed by atoms with Crippen molar-refractivity contribution in [3.63, 3.8) is 0 Å². The Balaban J connectivity index is 2.36. The Morgan fingerprint density at radius 3 is 2.65 bits per heavy atom. The summed E-state index contributed by atoms with van der Waals surface area (Å²) in [4.78, 5) is 2.21. The minimum absolute atomic E-state index is 0.919. The van der Waals surface area contributed by atoms with Crippen LogP contribution in [-0.2, 0) is 6.42 Å². The monoisotopic (exact) mass is 229 g/mol. The number of nitrogens with zero attached hydrogens (tertiary/aromatic N) is 1. The molecule has 2 aromatic carbocycles. The average Bonchev–Trinajstić information content (AvgIpc) is 2.35. The number of methoxy groups -OCH3 is 1. The molecular formula is C15H19NO. The largest absolute Gasteiger partial charge is 0.497 e. The Bertz CT molecular complexity index is 505. The molecule has 2 aromatic rings. The molecule has 0 bridgehead atoms. The minimum atomic E-state index is 0.919. The molecule has 2 nitrogen and oxygen atoms in total. The van der Waals surface area contributed by atoms with Crippen molar-refractivity contribution in [3.8, 4) is 5.75 Å². The number of fused-ring (bicyclic) bond motifs is 1. The smallest absolute Gasteiger partial charge is 0.119 e. The molecule has 0 radical (unpaired) electrons. The van der Waals surface area contributed by atoms with Crippen LogP contribution in [0.1, 0.15) is 5.56 Å². The van der Waals surface area contributed by atoms with Gasteiger partial charge in [-0.2, -0.15) is 0 Å². The van der Waals surface area contributed by atoms with Crippen LogP contribution in [0.25, 0.3) is 10.8 Å². The predicted molar refractivity (Wildman–Crippen MR) is 72.8 cm³/mol. The molecule has 0 aliphatic rings. The van der Waals surface area contributed by atoms with Crippen molar-refractivity contribution in [1.82, 2.24) is 4.90 Å². The zero-order valence-electron chi connectivity index (χ0n) is 10.7. The Morgan fingerprint density at radius 2 is 1.94 bits per heavy atom. The summed E-state index contributed by atoms with van der Waals surface area (Å²) in [6, 6.07) is 12.7. The van der Waals surface area contributed by atoms with Crippen LogP contribution in [0.4, 0.5) is 0 Å². The SMILES string of the molecule is COc1ccc2c(CCN(C)C)cccc2c1. The first kappa shape index (κ1) is 11.9. The highest BCUT2D eigenvalue weighted by atomic mass is 16.5. The van der Waals surface area contributed by atoms with Crippen molar-refractivity contribution in [2.75, 3.05) is 27.7 Å². The molecule has 17 heavy (non-hydrogen) atoms. The highest BCUT2D eigenvalue weighted by Gasteiger charge is 2.02. The summed E-state index contributed by atoms with van der Waals surface area (Å²) in [6.45, 7) is 1.07. The van der Waals surface area contributed by atoms with Crippen molar-refractivity contribution in [1.29, 1.82) is 0 Å². The molecule has 0 saturated heterocycles. The zero-order chi connectivity index (χ0) is 12.3. The number of ether oxygens (including phenoxy) is 1. The second kappa shape index (κ2) is 5.19. The van der Waals surface area contributed by atoms with Gasteiger partial charge in [-0.25, -0.2) is 0 Å². The van der Waals surface area contributed by atoms with Gasteiger partial charge in [0.05, 0.1) is 7.11 Å². The van der Waals surface area contributed by atoms with Gasteiger partial charge in [0.2, 0.25) is 0 Å². The third-order valence-corrected chi connectivity index (χ3v) is 3.01. The fourth-order valence-electron chi connectivity index (χ4n) is 2.02. The van der Waals surface area contributed by atoms with Gasteiger partial charge in [0.25, 0.3) is 0 Å². The lowest BCUT2D eigenvalue weighted by Crippen LogP contribution is -2.15. The summed E-state index contributed by atoms with van der Waals surface area (Å²) >= 11 is 0. The topological polar surface area (TPSA) is 12.5 Å². The number of rotatable bonds is 4. The minimum Gasteiger partial charge on any atom is -0.497 e. The molecule has 90 valence electrons. The van der Waals surface area contributed by atoms with Crippen molar-refractivity contribution < 1.29 is 4.74 Å². The Morgan fingerprint density at radius 1 is 1.12 bits per heavy atom. The van der Waals surface area contributed by atoms with Gasteiger partial charge >= 0.3 is 0 Å². The molecule has 0 fully saturated rings. The predicted octanol–water partition coefficient (Wildman–Crippen LogP) is 2.95. The maximum atomic E-state index is 5.25. The molecule has 2 heteroatoms. The van der Waals surface area contributed by atoms with E-state index in [0.29, 0.717) is 0 Å². The molecule has 0 aliphatic heterocycles. The van der Waals surface area contributed by atoms with Gasteiger partial charge in [-0.3, -0.25) is 0 Å². The Hall–Kier alpha value is -1.54. The van der Waals surface area contributed by atoms with Gasteiger partial charge in [0.1, 0.15) is 5.75 Å². The van der Waals surface area contributed by atoms with E-state index in [4.69, 9.17) is 4.74 Å². The van der Waals surface area contributed by atoms with Crippen LogP contribution in [0.3, 0.4) is 0 Å². The quantitative estimate of drug-likeness (QED) is 0.799. The number of likely N-dealkylation sites (N-methyl/N-ethyl adjacent to an activating group) is 1. The van der Waals surface area contributed by atoms with E-state index in [9.17, 15) is 0 Å². The van der Waals surface area contributed by atoms with Crippen LogP contribution < -0.4 is 4.74 Å². The lowest BCUT2D eigenvalue weighted by atomic mass is 10.0. The fraction of sp³-hybridized carbons (Fsp3) is 0.333. The number of hydrogen-bond acceptors (Lipinski definition) is 2. The van der Waals surface area contributed by atoms with Gasteiger partial charge in [-0.1, -0.05) is 24.3 Å². The standard InChI is InChI=1S/C15H19NO/c1-16(2)10-9-12-5-4-6-13-11-14(17-3)7-8-15(12)13/h4-8,11H,9-10H2,1-3H3. The second-order valence-electron chi connectivity index (χ2n) is 4.56.